The summed E-state index contributed by atoms with van der Waals surface area (Å²) in [5.41, 5.74) is 3.01. The maximum atomic E-state index is 13.7. The average Bonchev–Trinajstić information content (AvgIpc) is 3.15. The van der Waals surface area contributed by atoms with E-state index in [0.717, 1.165) is 13.1 Å². The van der Waals surface area contributed by atoms with Crippen LogP contribution in [-0.4, -0.2) is 134 Å². The molecule has 294 valence electrons. The highest BCUT2D eigenvalue weighted by Crippen LogP contribution is 2.28. The number of likely N-dealkylation sites (N-methyl/N-ethyl adjacent to an activating group) is 3. The van der Waals surface area contributed by atoms with Crippen LogP contribution in [0.15, 0.2) is 70.3 Å². The third-order valence-electron chi connectivity index (χ3n) is 9.68. The van der Waals surface area contributed by atoms with Gasteiger partial charge in [-0.15, -0.1) is 0 Å². The first-order valence-corrected chi connectivity index (χ1v) is 18.5. The summed E-state index contributed by atoms with van der Waals surface area (Å²) in [6.45, 7) is 4.19. The van der Waals surface area contributed by atoms with Crippen molar-refractivity contribution >= 4 is 66.8 Å². The molecule has 2 heterocycles. The maximum Gasteiger partial charge on any atom is 0.253 e. The third-order valence-corrected chi connectivity index (χ3v) is 9.68. The average molecular weight is 764 g/mol. The molecule has 0 aliphatic carbocycles. The van der Waals surface area contributed by atoms with Crippen molar-refractivity contribution in [2.45, 2.75) is 0 Å². The van der Waals surface area contributed by atoms with Crippen LogP contribution in [0.25, 0.3) is 43.6 Å². The van der Waals surface area contributed by atoms with Crippen LogP contribution in [0.4, 0.5) is 11.4 Å². The Morgan fingerprint density at radius 2 is 0.982 bits per heavy atom. The molecule has 0 fully saturated rings. The van der Waals surface area contributed by atoms with E-state index in [0.29, 0.717) is 105 Å². The Morgan fingerprint density at radius 1 is 0.571 bits per heavy atom. The van der Waals surface area contributed by atoms with E-state index >= 15 is 0 Å². The predicted molar refractivity (Wildman–Crippen MR) is 224 cm³/mol. The van der Waals surface area contributed by atoms with Crippen LogP contribution < -0.4 is 32.1 Å². The van der Waals surface area contributed by atoms with Gasteiger partial charge in [0.15, 0.2) is 10.9 Å². The maximum absolute atomic E-state index is 13.7. The van der Waals surface area contributed by atoms with Gasteiger partial charge >= 0.3 is 0 Å². The number of aromatic hydroxyl groups is 2. The number of amides is 2. The molecule has 0 bridgehead atoms. The zero-order valence-corrected chi connectivity index (χ0v) is 32.3. The fourth-order valence-electron chi connectivity index (χ4n) is 6.66. The number of anilines is 2. The Bertz CT molecular complexity index is 2370. The number of carbonyl (C=O) groups is 2. The Balaban J connectivity index is 1.11. The fraction of sp³-hybridized carbons (Fsp3) is 0.317. The van der Waals surface area contributed by atoms with Crippen molar-refractivity contribution < 1.29 is 19.8 Å². The smallest absolute Gasteiger partial charge is 0.253 e. The zero-order chi connectivity index (χ0) is 40.1. The van der Waals surface area contributed by atoms with Crippen molar-refractivity contribution in [3.05, 3.63) is 92.2 Å². The molecule has 15 nitrogen and oxygen atoms in total. The van der Waals surface area contributed by atoms with Crippen molar-refractivity contribution in [1.29, 1.82) is 0 Å². The molecule has 2 amide bonds. The number of phenols is 2. The lowest BCUT2D eigenvalue weighted by atomic mass is 10.0. The number of benzene rings is 4. The first-order chi connectivity index (χ1) is 26.8. The van der Waals surface area contributed by atoms with Crippen LogP contribution in [-0.2, 0) is 0 Å². The summed E-state index contributed by atoms with van der Waals surface area (Å²) in [7, 11) is 9.70. The molecule has 0 unspecified atom stereocenters. The first kappa shape index (κ1) is 39.5. The molecule has 6 aromatic rings. The zero-order valence-electron chi connectivity index (χ0n) is 32.3. The van der Waals surface area contributed by atoms with Crippen LogP contribution in [0, 0.1) is 0 Å². The van der Waals surface area contributed by atoms with Gasteiger partial charge in [-0.3, -0.25) is 19.2 Å². The van der Waals surface area contributed by atoms with Gasteiger partial charge in [-0.25, -0.2) is 0 Å². The van der Waals surface area contributed by atoms with Gasteiger partial charge in [-0.1, -0.05) is 0 Å². The molecule has 0 atom stereocenters. The monoisotopic (exact) mass is 763 g/mol. The van der Waals surface area contributed by atoms with Crippen molar-refractivity contribution in [2.24, 2.45) is 0 Å². The van der Waals surface area contributed by atoms with E-state index in [4.69, 9.17) is 0 Å². The summed E-state index contributed by atoms with van der Waals surface area (Å²) in [6, 6.07) is 15.9. The van der Waals surface area contributed by atoms with Gasteiger partial charge in [-0.05, 0) is 95.9 Å². The van der Waals surface area contributed by atoms with Crippen molar-refractivity contribution in [3.8, 4) is 11.5 Å². The van der Waals surface area contributed by atoms with E-state index in [1.165, 1.54) is 24.3 Å². The molecule has 6 rings (SSSR count). The molecular formula is C41H49N9O6. The molecule has 2 aromatic heterocycles. The SMILES string of the molecule is CN(C)CCNc1ccc(C(=O)NCCN(C)CCNC(=O)c2ccc(NCCN(C)C)c3c(=O)c4cc(O)ccc4[nH]c23)c2[nH]c3ccc(O)cc3c(=O)c12. The molecule has 0 saturated carbocycles. The Morgan fingerprint density at radius 3 is 1.38 bits per heavy atom. The Labute approximate surface area is 323 Å². The van der Waals surface area contributed by atoms with Crippen LogP contribution in [0.2, 0.25) is 0 Å². The van der Waals surface area contributed by atoms with Gasteiger partial charge in [0.05, 0.1) is 44.0 Å². The van der Waals surface area contributed by atoms with Gasteiger partial charge in [0.1, 0.15) is 11.5 Å². The minimum absolute atomic E-state index is 0.0268. The molecule has 8 N–H and O–H groups in total. The second kappa shape index (κ2) is 17.1. The van der Waals surface area contributed by atoms with Gasteiger partial charge in [-0.2, -0.15) is 0 Å². The Kier molecular flexibility index (Phi) is 12.1. The lowest BCUT2D eigenvalue weighted by molar-refractivity contribution is 0.0950. The molecular weight excluding hydrogens is 715 g/mol. The first-order valence-electron chi connectivity index (χ1n) is 18.5. The number of nitrogens with zero attached hydrogens (tertiary/aromatic N) is 3. The number of carbonyl (C=O) groups excluding carboxylic acids is 2. The van der Waals surface area contributed by atoms with Gasteiger partial charge in [0, 0.05) is 74.5 Å². The van der Waals surface area contributed by atoms with Crippen LogP contribution in [0.3, 0.4) is 0 Å². The minimum atomic E-state index is -0.353. The Hall–Kier alpha value is -6.16. The van der Waals surface area contributed by atoms with Crippen LogP contribution in [0.5, 0.6) is 11.5 Å². The number of H-pyrrole nitrogens is 2. The number of rotatable bonds is 16. The number of fused-ring (bicyclic) bond motifs is 4. The topological polar surface area (TPSA) is 198 Å². The minimum Gasteiger partial charge on any atom is -0.508 e. The lowest BCUT2D eigenvalue weighted by Gasteiger charge is -2.19. The predicted octanol–water partition coefficient (Wildman–Crippen LogP) is 3.13. The third kappa shape index (κ3) is 8.70. The van der Waals surface area contributed by atoms with Crippen LogP contribution >= 0.6 is 0 Å². The second-order valence-corrected chi connectivity index (χ2v) is 14.5. The lowest BCUT2D eigenvalue weighted by Crippen LogP contribution is -2.37. The van der Waals surface area contributed by atoms with E-state index in [1.807, 2.05) is 49.9 Å². The number of aromatic nitrogens is 2. The summed E-state index contributed by atoms with van der Waals surface area (Å²) >= 11 is 0. The summed E-state index contributed by atoms with van der Waals surface area (Å²) < 4.78 is 0. The standard InChI is InChI=1S/C41H49N9O6/c1-48(2)18-14-42-32-12-8-26(36-34(32)38(53)28-22-24(51)6-10-30(28)46-36)40(55)44-16-20-50(5)21-17-45-41(56)27-9-13-33(43-15-19-49(3)4)35-37(27)47-31-11-7-25(52)23-29(31)39(35)54/h6-13,22-23,42-43,51-52H,14-21H2,1-5H3,(H,44,55)(H,45,56)(H,46,53)(H,47,54). The molecule has 0 radical (unpaired) electrons. The molecule has 15 heteroatoms. The quantitative estimate of drug-likeness (QED) is 0.0675. The highest BCUT2D eigenvalue weighted by atomic mass is 16.3. The van der Waals surface area contributed by atoms with Crippen molar-refractivity contribution in [2.75, 3.05) is 98.2 Å². The summed E-state index contributed by atoms with van der Waals surface area (Å²) in [6.07, 6.45) is 0. The molecule has 56 heavy (non-hydrogen) atoms. The van der Waals surface area contributed by atoms with E-state index in [-0.39, 0.29) is 34.2 Å². The van der Waals surface area contributed by atoms with Crippen molar-refractivity contribution in [3.63, 3.8) is 0 Å². The number of phenolic OH excluding ortho intramolecular Hbond substituents is 2. The highest BCUT2D eigenvalue weighted by Gasteiger charge is 2.20. The van der Waals surface area contributed by atoms with Gasteiger partial charge < -0.3 is 56.1 Å². The number of hydrogen-bond donors (Lipinski definition) is 8. The van der Waals surface area contributed by atoms with Crippen LogP contribution in [0.1, 0.15) is 20.7 Å². The number of pyridine rings is 2. The summed E-state index contributed by atoms with van der Waals surface area (Å²) in [4.78, 5) is 67.0. The largest absolute Gasteiger partial charge is 0.508 e. The van der Waals surface area contributed by atoms with E-state index in [9.17, 15) is 29.4 Å². The second-order valence-electron chi connectivity index (χ2n) is 14.5. The highest BCUT2D eigenvalue weighted by molar-refractivity contribution is 6.12. The fourth-order valence-corrected chi connectivity index (χ4v) is 6.66. The van der Waals surface area contributed by atoms with Gasteiger partial charge in [0.2, 0.25) is 0 Å². The molecule has 0 spiro atoms. The molecule has 0 aliphatic heterocycles. The molecule has 4 aromatic carbocycles. The van der Waals surface area contributed by atoms with Crippen molar-refractivity contribution in [1.82, 2.24) is 35.3 Å². The van der Waals surface area contributed by atoms with E-state index in [1.54, 1.807) is 36.4 Å². The van der Waals surface area contributed by atoms with E-state index < -0.39 is 0 Å². The number of aromatic amines is 2. The summed E-state index contributed by atoms with van der Waals surface area (Å²) in [5.74, 6) is -0.760. The normalized spacial score (nSPS) is 11.7. The number of nitrogens with one attached hydrogen (secondary N) is 6. The number of hydrogen-bond acceptors (Lipinski definition) is 11. The molecule has 0 aliphatic rings. The van der Waals surface area contributed by atoms with E-state index in [2.05, 4.69) is 31.2 Å². The molecule has 0 saturated heterocycles. The summed E-state index contributed by atoms with van der Waals surface area (Å²) in [5, 5.41) is 34.0. The van der Waals surface area contributed by atoms with Gasteiger partial charge in [0.25, 0.3) is 11.8 Å².